The number of carbonyl (C=O) groups is 1. The molecule has 2 fully saturated rings. The summed E-state index contributed by atoms with van der Waals surface area (Å²) in [6.45, 7) is 5.75. The van der Waals surface area contributed by atoms with E-state index in [2.05, 4.69) is 13.8 Å². The van der Waals surface area contributed by atoms with Gasteiger partial charge < -0.3 is 10.6 Å². The molecule has 0 aromatic heterocycles. The predicted octanol–water partition coefficient (Wildman–Crippen LogP) is 4.00. The Kier molecular flexibility index (Phi) is 4.41. The molecule has 1 aromatic rings. The van der Waals surface area contributed by atoms with Gasteiger partial charge in [0.25, 0.3) is 0 Å². The number of carbonyl (C=O) groups excluding carboxylic acids is 1. The van der Waals surface area contributed by atoms with Gasteiger partial charge >= 0.3 is 0 Å². The van der Waals surface area contributed by atoms with Crippen molar-refractivity contribution >= 4 is 29.1 Å². The van der Waals surface area contributed by atoms with Gasteiger partial charge in [-0.3, -0.25) is 4.79 Å². The van der Waals surface area contributed by atoms with E-state index in [4.69, 9.17) is 28.9 Å². The molecular weight excluding hydrogens is 331 g/mol. The first-order chi connectivity index (χ1) is 10.8. The fourth-order valence-corrected chi connectivity index (χ4v) is 4.10. The van der Waals surface area contributed by atoms with Crippen LogP contribution in [0.5, 0.6) is 0 Å². The zero-order chi connectivity index (χ0) is 16.8. The quantitative estimate of drug-likeness (QED) is 0.872. The van der Waals surface area contributed by atoms with Gasteiger partial charge in [0.1, 0.15) is 0 Å². The molecule has 23 heavy (non-hydrogen) atoms. The molecule has 1 saturated heterocycles. The maximum absolute atomic E-state index is 13.3. The number of piperidine rings is 1. The Balaban J connectivity index is 1.88. The summed E-state index contributed by atoms with van der Waals surface area (Å²) >= 11 is 12.2. The third-order valence-corrected chi connectivity index (χ3v) is 6.43. The van der Waals surface area contributed by atoms with Gasteiger partial charge in [-0.05, 0) is 42.4 Å². The standard InChI is InChI=1S/C18H24Cl2N2O/c1-17(2)11-22(9-6-15(17)21)16(23)18(7-3-8-18)12-4-5-13(19)14(20)10-12/h4-5,10,15H,3,6-9,11,21H2,1-2H3/t15-/m0/s1. The van der Waals surface area contributed by atoms with Crippen LogP contribution in [0.2, 0.25) is 10.0 Å². The van der Waals surface area contributed by atoms with Crippen LogP contribution in [0.3, 0.4) is 0 Å². The summed E-state index contributed by atoms with van der Waals surface area (Å²) in [4.78, 5) is 15.3. The topological polar surface area (TPSA) is 46.3 Å². The lowest BCUT2D eigenvalue weighted by Gasteiger charge is -2.49. The third kappa shape index (κ3) is 2.88. The first-order valence-electron chi connectivity index (χ1n) is 8.27. The third-order valence-electron chi connectivity index (χ3n) is 5.69. The Hall–Kier alpha value is -0.770. The second kappa shape index (κ2) is 5.94. The number of nitrogens with zero attached hydrogens (tertiary/aromatic N) is 1. The number of benzene rings is 1. The summed E-state index contributed by atoms with van der Waals surface area (Å²) < 4.78 is 0. The largest absolute Gasteiger partial charge is 0.341 e. The Labute approximate surface area is 148 Å². The van der Waals surface area contributed by atoms with Crippen molar-refractivity contribution in [1.29, 1.82) is 0 Å². The smallest absolute Gasteiger partial charge is 0.233 e. The van der Waals surface area contributed by atoms with Crippen molar-refractivity contribution in [3.05, 3.63) is 33.8 Å². The molecule has 1 heterocycles. The van der Waals surface area contributed by atoms with Gasteiger partial charge in [0, 0.05) is 19.1 Å². The van der Waals surface area contributed by atoms with Crippen molar-refractivity contribution in [1.82, 2.24) is 4.90 Å². The molecule has 0 radical (unpaired) electrons. The first kappa shape index (κ1) is 17.1. The number of nitrogens with two attached hydrogens (primary N) is 1. The molecule has 0 unspecified atom stereocenters. The molecule has 5 heteroatoms. The van der Waals surface area contributed by atoms with Crippen LogP contribution in [0, 0.1) is 5.41 Å². The van der Waals surface area contributed by atoms with E-state index in [0.717, 1.165) is 44.3 Å². The van der Waals surface area contributed by atoms with Crippen LogP contribution in [0.15, 0.2) is 18.2 Å². The fraction of sp³-hybridized carbons (Fsp3) is 0.611. The van der Waals surface area contributed by atoms with Crippen molar-refractivity contribution < 1.29 is 4.79 Å². The Morgan fingerprint density at radius 1 is 1.26 bits per heavy atom. The molecule has 1 amide bonds. The molecule has 1 aromatic carbocycles. The zero-order valence-electron chi connectivity index (χ0n) is 13.7. The second-order valence-electron chi connectivity index (χ2n) is 7.68. The van der Waals surface area contributed by atoms with E-state index >= 15 is 0 Å². The minimum atomic E-state index is -0.425. The Morgan fingerprint density at radius 3 is 2.48 bits per heavy atom. The molecule has 3 rings (SSSR count). The van der Waals surface area contributed by atoms with Crippen LogP contribution in [-0.4, -0.2) is 29.9 Å². The van der Waals surface area contributed by atoms with Crippen LogP contribution in [0.25, 0.3) is 0 Å². The van der Waals surface area contributed by atoms with Gasteiger partial charge in [-0.25, -0.2) is 0 Å². The predicted molar refractivity (Wildman–Crippen MR) is 94.9 cm³/mol. The van der Waals surface area contributed by atoms with Crippen LogP contribution >= 0.6 is 23.2 Å². The molecule has 0 spiro atoms. The molecule has 1 aliphatic heterocycles. The summed E-state index contributed by atoms with van der Waals surface area (Å²) in [5.41, 5.74) is 6.73. The lowest BCUT2D eigenvalue weighted by Crippen LogP contribution is -2.59. The van der Waals surface area contributed by atoms with E-state index in [1.165, 1.54) is 0 Å². The van der Waals surface area contributed by atoms with Gasteiger partial charge in [-0.2, -0.15) is 0 Å². The van der Waals surface area contributed by atoms with E-state index in [1.807, 2.05) is 17.0 Å². The fourth-order valence-electron chi connectivity index (χ4n) is 3.80. The average Bonchev–Trinajstić information content (AvgIpc) is 2.44. The highest BCUT2D eigenvalue weighted by Crippen LogP contribution is 2.47. The van der Waals surface area contributed by atoms with Crippen molar-refractivity contribution in [2.45, 2.75) is 51.0 Å². The Morgan fingerprint density at radius 2 is 1.96 bits per heavy atom. The highest BCUT2D eigenvalue weighted by Gasteiger charge is 2.49. The highest BCUT2D eigenvalue weighted by atomic mass is 35.5. The van der Waals surface area contributed by atoms with Gasteiger partial charge in [0.05, 0.1) is 15.5 Å². The van der Waals surface area contributed by atoms with Crippen molar-refractivity contribution in [2.24, 2.45) is 11.1 Å². The number of rotatable bonds is 2. The lowest BCUT2D eigenvalue weighted by atomic mass is 9.63. The van der Waals surface area contributed by atoms with E-state index in [9.17, 15) is 4.79 Å². The van der Waals surface area contributed by atoms with Gasteiger partial charge in [0.15, 0.2) is 0 Å². The molecule has 3 nitrogen and oxygen atoms in total. The maximum atomic E-state index is 13.3. The van der Waals surface area contributed by atoms with E-state index in [1.54, 1.807) is 6.07 Å². The molecular formula is C18H24Cl2N2O. The van der Waals surface area contributed by atoms with Gasteiger partial charge in [-0.15, -0.1) is 0 Å². The Bertz CT molecular complexity index is 625. The zero-order valence-corrected chi connectivity index (χ0v) is 15.3. The van der Waals surface area contributed by atoms with Crippen LogP contribution < -0.4 is 5.73 Å². The summed E-state index contributed by atoms with van der Waals surface area (Å²) in [7, 11) is 0. The van der Waals surface area contributed by atoms with Crippen LogP contribution in [0.1, 0.15) is 45.1 Å². The van der Waals surface area contributed by atoms with Crippen molar-refractivity contribution in [3.8, 4) is 0 Å². The first-order valence-corrected chi connectivity index (χ1v) is 9.02. The molecule has 0 bridgehead atoms. The van der Waals surface area contributed by atoms with E-state index in [-0.39, 0.29) is 17.4 Å². The molecule has 2 aliphatic rings. The van der Waals surface area contributed by atoms with Crippen molar-refractivity contribution in [3.63, 3.8) is 0 Å². The number of amides is 1. The number of hydrogen-bond acceptors (Lipinski definition) is 2. The number of hydrogen-bond donors (Lipinski definition) is 1. The molecule has 1 atom stereocenters. The molecule has 126 valence electrons. The van der Waals surface area contributed by atoms with Gasteiger partial charge in [0.2, 0.25) is 5.91 Å². The second-order valence-corrected chi connectivity index (χ2v) is 8.49. The number of likely N-dealkylation sites (tertiary alicyclic amines) is 1. The van der Waals surface area contributed by atoms with Crippen LogP contribution in [0.4, 0.5) is 0 Å². The van der Waals surface area contributed by atoms with E-state index in [0.29, 0.717) is 10.0 Å². The highest BCUT2D eigenvalue weighted by molar-refractivity contribution is 6.42. The normalized spacial score (nSPS) is 25.8. The average molecular weight is 355 g/mol. The molecule has 2 N–H and O–H groups in total. The maximum Gasteiger partial charge on any atom is 0.233 e. The summed E-state index contributed by atoms with van der Waals surface area (Å²) in [6.07, 6.45) is 3.69. The molecule has 1 aliphatic carbocycles. The number of halogens is 2. The van der Waals surface area contributed by atoms with E-state index < -0.39 is 5.41 Å². The van der Waals surface area contributed by atoms with Gasteiger partial charge in [-0.1, -0.05) is 49.5 Å². The summed E-state index contributed by atoms with van der Waals surface area (Å²) in [5, 5.41) is 1.05. The lowest BCUT2D eigenvalue weighted by molar-refractivity contribution is -0.144. The monoisotopic (exact) mass is 354 g/mol. The summed E-state index contributed by atoms with van der Waals surface area (Å²) in [5.74, 6) is 0.224. The molecule has 1 saturated carbocycles. The van der Waals surface area contributed by atoms with Crippen LogP contribution in [-0.2, 0) is 10.2 Å². The van der Waals surface area contributed by atoms with Crippen molar-refractivity contribution in [2.75, 3.05) is 13.1 Å². The minimum Gasteiger partial charge on any atom is -0.341 e. The minimum absolute atomic E-state index is 0.0452. The SMILES string of the molecule is CC1(C)CN(C(=O)C2(c3ccc(Cl)c(Cl)c3)CCC2)CC[C@@H]1N. The summed E-state index contributed by atoms with van der Waals surface area (Å²) in [6, 6.07) is 5.75.